The molecule has 0 aliphatic heterocycles. The second-order valence-corrected chi connectivity index (χ2v) is 4.29. The summed E-state index contributed by atoms with van der Waals surface area (Å²) in [6.07, 6.45) is 2.29. The van der Waals surface area contributed by atoms with Crippen molar-refractivity contribution in [2.75, 3.05) is 19.6 Å². The Labute approximate surface area is 99.6 Å². The molecule has 0 aromatic carbocycles. The molecule has 0 radical (unpaired) electrons. The SMILES string of the molecule is CCC(C)CN.CCC(C)CNCC(=O)O. The Morgan fingerprint density at radius 3 is 2.00 bits per heavy atom. The average molecular weight is 232 g/mol. The number of carboxylic acids is 1. The zero-order chi connectivity index (χ0) is 13.0. The summed E-state index contributed by atoms with van der Waals surface area (Å²) in [5.74, 6) is 0.493. The maximum Gasteiger partial charge on any atom is 0.317 e. The second kappa shape index (κ2) is 12.5. The van der Waals surface area contributed by atoms with Gasteiger partial charge in [0.15, 0.2) is 0 Å². The van der Waals surface area contributed by atoms with E-state index < -0.39 is 5.97 Å². The fraction of sp³-hybridized carbons (Fsp3) is 0.917. The molecule has 4 nitrogen and oxygen atoms in total. The van der Waals surface area contributed by atoms with Crippen LogP contribution in [-0.4, -0.2) is 30.7 Å². The summed E-state index contributed by atoms with van der Waals surface area (Å²) in [6, 6.07) is 0. The zero-order valence-corrected chi connectivity index (χ0v) is 11.1. The van der Waals surface area contributed by atoms with Crippen LogP contribution in [0.15, 0.2) is 0 Å². The molecular formula is C12H28N2O2. The Balaban J connectivity index is 0. The molecular weight excluding hydrogens is 204 g/mol. The Morgan fingerprint density at radius 2 is 1.75 bits per heavy atom. The van der Waals surface area contributed by atoms with Gasteiger partial charge in [-0.2, -0.15) is 0 Å². The monoisotopic (exact) mass is 232 g/mol. The van der Waals surface area contributed by atoms with E-state index in [1.54, 1.807) is 0 Å². The average Bonchev–Trinajstić information content (AvgIpc) is 2.28. The first-order chi connectivity index (χ1) is 7.47. The molecule has 0 spiro atoms. The molecule has 0 rings (SSSR count). The maximum absolute atomic E-state index is 10.0. The Hall–Kier alpha value is -0.610. The molecule has 0 bridgehead atoms. The van der Waals surface area contributed by atoms with Crippen molar-refractivity contribution in [1.29, 1.82) is 0 Å². The van der Waals surface area contributed by atoms with Crippen LogP contribution in [0.2, 0.25) is 0 Å². The largest absolute Gasteiger partial charge is 0.480 e. The molecule has 0 fully saturated rings. The molecule has 0 amide bonds. The number of nitrogens with two attached hydrogens (primary N) is 1. The van der Waals surface area contributed by atoms with Gasteiger partial charge in [0.1, 0.15) is 0 Å². The number of aliphatic carboxylic acids is 1. The lowest BCUT2D eigenvalue weighted by Gasteiger charge is -2.07. The van der Waals surface area contributed by atoms with E-state index >= 15 is 0 Å². The van der Waals surface area contributed by atoms with Crippen molar-refractivity contribution in [3.05, 3.63) is 0 Å². The third-order valence-corrected chi connectivity index (χ3v) is 2.57. The van der Waals surface area contributed by atoms with Gasteiger partial charge < -0.3 is 16.2 Å². The molecule has 2 atom stereocenters. The van der Waals surface area contributed by atoms with Gasteiger partial charge in [0.05, 0.1) is 6.54 Å². The highest BCUT2D eigenvalue weighted by atomic mass is 16.4. The lowest BCUT2D eigenvalue weighted by Crippen LogP contribution is -2.26. The van der Waals surface area contributed by atoms with Crippen LogP contribution < -0.4 is 11.1 Å². The van der Waals surface area contributed by atoms with E-state index in [9.17, 15) is 4.79 Å². The number of carbonyl (C=O) groups is 1. The minimum atomic E-state index is -0.789. The standard InChI is InChI=1S/C7H15NO2.C5H13N/c1-3-6(2)4-8-5-7(9)10;1-3-5(2)4-6/h6,8H,3-5H2,1-2H3,(H,9,10);5H,3-4,6H2,1-2H3. The molecule has 98 valence electrons. The minimum Gasteiger partial charge on any atom is -0.480 e. The normalized spacial score (nSPS) is 13.6. The van der Waals surface area contributed by atoms with E-state index in [2.05, 4.69) is 33.0 Å². The van der Waals surface area contributed by atoms with Crippen LogP contribution in [0, 0.1) is 11.8 Å². The summed E-state index contributed by atoms with van der Waals surface area (Å²) in [7, 11) is 0. The summed E-state index contributed by atoms with van der Waals surface area (Å²) in [5.41, 5.74) is 5.28. The van der Waals surface area contributed by atoms with Crippen molar-refractivity contribution in [3.8, 4) is 0 Å². The van der Waals surface area contributed by atoms with Gasteiger partial charge in [-0.1, -0.05) is 40.5 Å². The predicted molar refractivity (Wildman–Crippen MR) is 68.5 cm³/mol. The molecule has 0 aliphatic rings. The van der Waals surface area contributed by atoms with Crippen molar-refractivity contribution in [3.63, 3.8) is 0 Å². The maximum atomic E-state index is 10.0. The number of hydrogen-bond donors (Lipinski definition) is 3. The van der Waals surface area contributed by atoms with Crippen molar-refractivity contribution in [1.82, 2.24) is 5.32 Å². The molecule has 0 saturated carbocycles. The number of hydrogen-bond acceptors (Lipinski definition) is 3. The third kappa shape index (κ3) is 15.8. The van der Waals surface area contributed by atoms with Crippen LogP contribution in [0.5, 0.6) is 0 Å². The first-order valence-corrected chi connectivity index (χ1v) is 6.10. The molecule has 0 saturated heterocycles. The molecule has 0 aliphatic carbocycles. The van der Waals surface area contributed by atoms with Crippen molar-refractivity contribution < 1.29 is 9.90 Å². The van der Waals surface area contributed by atoms with Gasteiger partial charge in [0.2, 0.25) is 0 Å². The van der Waals surface area contributed by atoms with Crippen LogP contribution in [0.3, 0.4) is 0 Å². The summed E-state index contributed by atoms with van der Waals surface area (Å²) < 4.78 is 0. The zero-order valence-electron chi connectivity index (χ0n) is 11.1. The van der Waals surface area contributed by atoms with Gasteiger partial charge in [-0.3, -0.25) is 4.79 Å². The molecule has 0 aromatic heterocycles. The number of rotatable bonds is 7. The van der Waals surface area contributed by atoms with Gasteiger partial charge in [-0.15, -0.1) is 0 Å². The van der Waals surface area contributed by atoms with Crippen LogP contribution in [0.25, 0.3) is 0 Å². The van der Waals surface area contributed by atoms with Crippen LogP contribution in [-0.2, 0) is 4.79 Å². The van der Waals surface area contributed by atoms with Crippen LogP contribution >= 0.6 is 0 Å². The minimum absolute atomic E-state index is 0.0737. The highest BCUT2D eigenvalue weighted by Crippen LogP contribution is 1.96. The third-order valence-electron chi connectivity index (χ3n) is 2.57. The Kier molecular flexibility index (Phi) is 13.8. The van der Waals surface area contributed by atoms with E-state index in [4.69, 9.17) is 10.8 Å². The lowest BCUT2D eigenvalue weighted by atomic mass is 10.1. The molecule has 0 aromatic rings. The van der Waals surface area contributed by atoms with E-state index in [1.165, 1.54) is 6.42 Å². The summed E-state index contributed by atoms with van der Waals surface area (Å²) in [5, 5.41) is 11.1. The van der Waals surface area contributed by atoms with Gasteiger partial charge in [0, 0.05) is 0 Å². The van der Waals surface area contributed by atoms with Crippen LogP contribution in [0.1, 0.15) is 40.5 Å². The lowest BCUT2D eigenvalue weighted by molar-refractivity contribution is -0.135. The van der Waals surface area contributed by atoms with Gasteiger partial charge in [0.25, 0.3) is 0 Å². The highest BCUT2D eigenvalue weighted by molar-refractivity contribution is 5.68. The first-order valence-electron chi connectivity index (χ1n) is 6.10. The number of nitrogens with one attached hydrogen (secondary N) is 1. The molecule has 16 heavy (non-hydrogen) atoms. The molecule has 4 N–H and O–H groups in total. The fourth-order valence-corrected chi connectivity index (χ4v) is 0.737. The molecule has 4 heteroatoms. The van der Waals surface area contributed by atoms with E-state index in [0.717, 1.165) is 19.5 Å². The topological polar surface area (TPSA) is 75.3 Å². The smallest absolute Gasteiger partial charge is 0.317 e. The number of carboxylic acid groups (broad SMARTS) is 1. The summed E-state index contributed by atoms with van der Waals surface area (Å²) >= 11 is 0. The quantitative estimate of drug-likeness (QED) is 0.624. The Bertz CT molecular complexity index is 159. The first kappa shape index (κ1) is 17.8. The van der Waals surface area contributed by atoms with Crippen LogP contribution in [0.4, 0.5) is 0 Å². The molecule has 0 heterocycles. The summed E-state index contributed by atoms with van der Waals surface area (Å²) in [6.45, 7) is 10.2. The summed E-state index contributed by atoms with van der Waals surface area (Å²) in [4.78, 5) is 10.0. The van der Waals surface area contributed by atoms with E-state index in [-0.39, 0.29) is 6.54 Å². The Morgan fingerprint density at radius 1 is 1.25 bits per heavy atom. The second-order valence-electron chi connectivity index (χ2n) is 4.29. The van der Waals surface area contributed by atoms with Crippen molar-refractivity contribution >= 4 is 5.97 Å². The fourth-order valence-electron chi connectivity index (χ4n) is 0.737. The van der Waals surface area contributed by atoms with Gasteiger partial charge >= 0.3 is 5.97 Å². The van der Waals surface area contributed by atoms with Crippen molar-refractivity contribution in [2.45, 2.75) is 40.5 Å². The van der Waals surface area contributed by atoms with Gasteiger partial charge in [-0.05, 0) is 24.9 Å². The highest BCUT2D eigenvalue weighted by Gasteiger charge is 1.99. The predicted octanol–water partition coefficient (Wildman–Crippen LogP) is 1.70. The molecule has 2 unspecified atom stereocenters. The van der Waals surface area contributed by atoms with Gasteiger partial charge in [-0.25, -0.2) is 0 Å². The van der Waals surface area contributed by atoms with E-state index in [0.29, 0.717) is 11.8 Å². The van der Waals surface area contributed by atoms with Crippen molar-refractivity contribution in [2.24, 2.45) is 17.6 Å². The van der Waals surface area contributed by atoms with E-state index in [1.807, 2.05) is 0 Å².